The number of aromatic carboxylic acids is 1. The summed E-state index contributed by atoms with van der Waals surface area (Å²) in [5, 5.41) is 31.2. The number of rotatable bonds is 11. The smallest absolute Gasteiger partial charge is 0.336 e. The maximum atomic E-state index is 12.7. The number of carboxylic acids is 1. The van der Waals surface area contributed by atoms with Crippen molar-refractivity contribution in [3.05, 3.63) is 106 Å². The lowest BCUT2D eigenvalue weighted by Crippen LogP contribution is -2.16. The third-order valence-corrected chi connectivity index (χ3v) is 7.01. The number of hydrogen-bond donors (Lipinski definition) is 2. The highest BCUT2D eigenvalue weighted by Crippen LogP contribution is 2.25. The van der Waals surface area contributed by atoms with E-state index in [2.05, 4.69) is 33.1 Å². The van der Waals surface area contributed by atoms with Crippen molar-refractivity contribution in [3.8, 4) is 6.07 Å². The number of thioether (sulfide) groups is 1. The van der Waals surface area contributed by atoms with Crippen LogP contribution >= 0.6 is 11.8 Å². The second kappa shape index (κ2) is 12.7. The van der Waals surface area contributed by atoms with Crippen LogP contribution in [0.3, 0.4) is 0 Å². The fraction of sp³-hybridized carbons (Fsp3) is 0.207. The number of aromatic nitrogens is 3. The van der Waals surface area contributed by atoms with Gasteiger partial charge in [-0.15, -0.1) is 10.2 Å². The van der Waals surface area contributed by atoms with Crippen molar-refractivity contribution in [2.45, 2.75) is 43.6 Å². The minimum absolute atomic E-state index is 0.0451. The quantitative estimate of drug-likeness (QED) is 0.238. The zero-order valence-corrected chi connectivity index (χ0v) is 21.7. The molecule has 0 fully saturated rings. The molecule has 4 aromatic rings. The third-order valence-electron chi connectivity index (χ3n) is 6.00. The molecule has 192 valence electrons. The molecule has 1 aromatic heterocycles. The van der Waals surface area contributed by atoms with Gasteiger partial charge in [0.25, 0.3) is 5.91 Å². The Morgan fingerprint density at radius 3 is 2.42 bits per heavy atom. The first-order valence-electron chi connectivity index (χ1n) is 12.3. The largest absolute Gasteiger partial charge is 0.478 e. The van der Waals surface area contributed by atoms with Crippen LogP contribution < -0.4 is 5.32 Å². The number of benzene rings is 3. The molecule has 0 aliphatic carbocycles. The molecule has 0 saturated heterocycles. The maximum absolute atomic E-state index is 12.7. The Hall–Kier alpha value is -4.42. The van der Waals surface area contributed by atoms with Crippen LogP contribution in [0.2, 0.25) is 0 Å². The van der Waals surface area contributed by atoms with Crippen LogP contribution in [0.1, 0.15) is 63.0 Å². The summed E-state index contributed by atoms with van der Waals surface area (Å²) in [6, 6.07) is 23.3. The van der Waals surface area contributed by atoms with Crippen molar-refractivity contribution in [1.29, 1.82) is 5.26 Å². The van der Waals surface area contributed by atoms with E-state index in [4.69, 9.17) is 0 Å². The molecule has 1 heterocycles. The van der Waals surface area contributed by atoms with E-state index < -0.39 is 11.9 Å². The molecule has 0 bridgehead atoms. The van der Waals surface area contributed by atoms with E-state index in [0.717, 1.165) is 41.4 Å². The second-order valence-electron chi connectivity index (χ2n) is 8.65. The average Bonchev–Trinajstić information content (AvgIpc) is 3.32. The van der Waals surface area contributed by atoms with Crippen molar-refractivity contribution in [1.82, 2.24) is 14.8 Å². The van der Waals surface area contributed by atoms with Crippen molar-refractivity contribution in [2.24, 2.45) is 0 Å². The van der Waals surface area contributed by atoms with Gasteiger partial charge < -0.3 is 15.0 Å². The first-order valence-corrected chi connectivity index (χ1v) is 13.2. The third kappa shape index (κ3) is 6.47. The lowest BCUT2D eigenvalue weighted by Gasteiger charge is -2.12. The second-order valence-corrected chi connectivity index (χ2v) is 9.59. The Morgan fingerprint density at radius 1 is 1.00 bits per heavy atom. The molecule has 0 spiro atoms. The van der Waals surface area contributed by atoms with Gasteiger partial charge in [0.05, 0.1) is 29.3 Å². The van der Waals surface area contributed by atoms with E-state index in [0.29, 0.717) is 23.5 Å². The van der Waals surface area contributed by atoms with Crippen molar-refractivity contribution in [2.75, 3.05) is 5.32 Å². The maximum Gasteiger partial charge on any atom is 0.336 e. The lowest BCUT2D eigenvalue weighted by atomic mass is 10.1. The van der Waals surface area contributed by atoms with Gasteiger partial charge in [-0.05, 0) is 47.9 Å². The summed E-state index contributed by atoms with van der Waals surface area (Å²) in [4.78, 5) is 24.1. The zero-order valence-electron chi connectivity index (χ0n) is 20.9. The van der Waals surface area contributed by atoms with E-state index in [1.807, 2.05) is 36.4 Å². The summed E-state index contributed by atoms with van der Waals surface area (Å²) in [7, 11) is 0. The van der Waals surface area contributed by atoms with Crippen LogP contribution in [0.5, 0.6) is 0 Å². The summed E-state index contributed by atoms with van der Waals surface area (Å²) >= 11 is 1.55. The van der Waals surface area contributed by atoms with E-state index >= 15 is 0 Å². The van der Waals surface area contributed by atoms with Crippen LogP contribution in [-0.2, 0) is 18.7 Å². The van der Waals surface area contributed by atoms with E-state index in [1.54, 1.807) is 36.0 Å². The number of carbonyl (C=O) groups excluding carboxylic acids is 1. The standard InChI is InChI=1S/C29H27N5O3S/c1-2-3-12-26-32-33-29(38-19-22-9-5-4-8-21(22)17-30)34(26)18-20-13-15-23(16-14-20)31-27(35)24-10-6-7-11-25(24)28(36)37/h4-11,13-16H,2-3,12,18-19H2,1H3,(H,31,35)(H,36,37). The van der Waals surface area contributed by atoms with Crippen LogP contribution in [0.4, 0.5) is 5.69 Å². The molecule has 4 rings (SSSR count). The Kier molecular flexibility index (Phi) is 8.90. The normalized spacial score (nSPS) is 10.6. The average molecular weight is 526 g/mol. The Morgan fingerprint density at radius 2 is 1.71 bits per heavy atom. The number of carbonyl (C=O) groups is 2. The molecule has 8 nitrogen and oxygen atoms in total. The monoisotopic (exact) mass is 525 g/mol. The molecule has 0 unspecified atom stereocenters. The van der Waals surface area contributed by atoms with Gasteiger partial charge in [-0.25, -0.2) is 4.79 Å². The number of nitriles is 1. The minimum Gasteiger partial charge on any atom is -0.478 e. The summed E-state index contributed by atoms with van der Waals surface area (Å²) in [5.41, 5.74) is 3.24. The number of aryl methyl sites for hydroxylation is 1. The van der Waals surface area contributed by atoms with Gasteiger partial charge in [-0.2, -0.15) is 5.26 Å². The first kappa shape index (κ1) is 26.6. The number of carboxylic acid groups (broad SMARTS) is 1. The molecule has 3 aromatic carbocycles. The number of anilines is 1. The topological polar surface area (TPSA) is 121 Å². The summed E-state index contributed by atoms with van der Waals surface area (Å²) in [5.74, 6) is -0.111. The fourth-order valence-electron chi connectivity index (χ4n) is 3.94. The predicted octanol–water partition coefficient (Wildman–Crippen LogP) is 5.78. The first-order chi connectivity index (χ1) is 18.5. The molecule has 0 aliphatic rings. The van der Waals surface area contributed by atoms with E-state index in [-0.39, 0.29) is 11.1 Å². The summed E-state index contributed by atoms with van der Waals surface area (Å²) in [6.45, 7) is 2.70. The molecule has 9 heteroatoms. The van der Waals surface area contributed by atoms with E-state index in [9.17, 15) is 20.0 Å². The molecule has 0 radical (unpaired) electrons. The van der Waals surface area contributed by atoms with Crippen LogP contribution in [0.15, 0.2) is 78.0 Å². The molecule has 0 saturated carbocycles. The molecule has 0 aliphatic heterocycles. The van der Waals surface area contributed by atoms with Gasteiger partial charge in [0, 0.05) is 17.9 Å². The van der Waals surface area contributed by atoms with Gasteiger partial charge in [0.15, 0.2) is 5.16 Å². The van der Waals surface area contributed by atoms with Gasteiger partial charge in [-0.1, -0.05) is 67.6 Å². The van der Waals surface area contributed by atoms with Gasteiger partial charge in [0.1, 0.15) is 5.82 Å². The Labute approximate surface area is 225 Å². The molecular weight excluding hydrogens is 498 g/mol. The highest BCUT2D eigenvalue weighted by molar-refractivity contribution is 7.98. The molecule has 38 heavy (non-hydrogen) atoms. The van der Waals surface area contributed by atoms with Gasteiger partial charge >= 0.3 is 5.97 Å². The number of hydrogen-bond acceptors (Lipinski definition) is 6. The number of unbranched alkanes of at least 4 members (excludes halogenated alkanes) is 1. The van der Waals surface area contributed by atoms with Crippen LogP contribution in [0.25, 0.3) is 0 Å². The predicted molar refractivity (Wildman–Crippen MR) is 146 cm³/mol. The fourth-order valence-corrected chi connectivity index (χ4v) is 4.90. The Bertz CT molecular complexity index is 1470. The number of nitrogens with zero attached hydrogens (tertiary/aromatic N) is 4. The lowest BCUT2D eigenvalue weighted by molar-refractivity contribution is 0.0692. The van der Waals surface area contributed by atoms with Crippen LogP contribution in [-0.4, -0.2) is 31.7 Å². The summed E-state index contributed by atoms with van der Waals surface area (Å²) < 4.78 is 2.10. The van der Waals surface area contributed by atoms with Crippen molar-refractivity contribution < 1.29 is 14.7 Å². The molecule has 1 amide bonds. The minimum atomic E-state index is -1.15. The number of nitrogens with one attached hydrogen (secondary N) is 1. The number of amides is 1. The van der Waals surface area contributed by atoms with E-state index in [1.165, 1.54) is 12.1 Å². The SMILES string of the molecule is CCCCc1nnc(SCc2ccccc2C#N)n1Cc1ccc(NC(=O)c2ccccc2C(=O)O)cc1. The molecule has 2 N–H and O–H groups in total. The summed E-state index contributed by atoms with van der Waals surface area (Å²) in [6.07, 6.45) is 2.86. The van der Waals surface area contributed by atoms with Gasteiger partial charge in [0.2, 0.25) is 0 Å². The molecule has 0 atom stereocenters. The van der Waals surface area contributed by atoms with Crippen molar-refractivity contribution in [3.63, 3.8) is 0 Å². The molecular formula is C29H27N5O3S. The van der Waals surface area contributed by atoms with Gasteiger partial charge in [-0.3, -0.25) is 4.79 Å². The van der Waals surface area contributed by atoms with Crippen LogP contribution in [0, 0.1) is 11.3 Å². The Balaban J connectivity index is 1.49. The highest BCUT2D eigenvalue weighted by Gasteiger charge is 2.17. The van der Waals surface area contributed by atoms with Crippen molar-refractivity contribution >= 4 is 29.3 Å². The zero-order chi connectivity index (χ0) is 26.9. The highest BCUT2D eigenvalue weighted by atomic mass is 32.2.